The summed E-state index contributed by atoms with van der Waals surface area (Å²) in [6, 6.07) is 9.93. The van der Waals surface area contributed by atoms with Gasteiger partial charge < -0.3 is 10.2 Å². The van der Waals surface area contributed by atoms with Crippen molar-refractivity contribution in [2.75, 3.05) is 13.1 Å². The molecule has 1 aromatic heterocycles. The lowest BCUT2D eigenvalue weighted by atomic mass is 9.95. The van der Waals surface area contributed by atoms with Gasteiger partial charge in [-0.3, -0.25) is 4.68 Å². The van der Waals surface area contributed by atoms with Crippen molar-refractivity contribution in [3.05, 3.63) is 53.9 Å². The molecule has 5 nitrogen and oxygen atoms in total. The number of nitrogens with zero attached hydrogens (tertiary/aromatic N) is 3. The molecule has 1 aliphatic heterocycles. The van der Waals surface area contributed by atoms with Crippen LogP contribution in [-0.4, -0.2) is 33.8 Å². The topological polar surface area (TPSA) is 50.2 Å². The van der Waals surface area contributed by atoms with Crippen molar-refractivity contribution in [1.29, 1.82) is 0 Å². The minimum absolute atomic E-state index is 0.0292. The van der Waals surface area contributed by atoms with E-state index in [1.165, 1.54) is 5.56 Å². The first-order valence-electron chi connectivity index (χ1n) is 6.83. The molecule has 2 aromatic rings. The quantitative estimate of drug-likeness (QED) is 0.850. The molecule has 0 aliphatic carbocycles. The van der Waals surface area contributed by atoms with Crippen LogP contribution in [0.4, 0.5) is 4.79 Å². The number of rotatable bonds is 2. The third-order valence-corrected chi connectivity index (χ3v) is 3.64. The number of terminal acetylenes is 1. The summed E-state index contributed by atoms with van der Waals surface area (Å²) < 4.78 is 1.89. The number of hydrogen-bond donors (Lipinski definition) is 1. The highest BCUT2D eigenvalue weighted by atomic mass is 16.2. The minimum Gasteiger partial charge on any atom is -0.327 e. The lowest BCUT2D eigenvalue weighted by Crippen LogP contribution is -2.45. The van der Waals surface area contributed by atoms with Gasteiger partial charge in [-0.25, -0.2) is 4.79 Å². The first-order valence-corrected chi connectivity index (χ1v) is 6.83. The summed E-state index contributed by atoms with van der Waals surface area (Å²) in [5, 5.41) is 7.04. The Morgan fingerprint density at radius 2 is 2.29 bits per heavy atom. The van der Waals surface area contributed by atoms with Crippen molar-refractivity contribution in [2.45, 2.75) is 12.6 Å². The predicted molar refractivity (Wildman–Crippen MR) is 79.4 cm³/mol. The maximum Gasteiger partial charge on any atom is 0.318 e. The predicted octanol–water partition coefficient (Wildman–Crippen LogP) is 1.63. The van der Waals surface area contributed by atoms with E-state index in [1.807, 2.05) is 35.1 Å². The molecule has 0 saturated heterocycles. The molecule has 0 radical (unpaired) electrons. The molecule has 0 saturated carbocycles. The van der Waals surface area contributed by atoms with Crippen LogP contribution in [0.3, 0.4) is 0 Å². The standard InChI is InChI=1S/C16H16N4O/c1-2-8-17-16(21)19-11-13-6-3-4-7-14(13)15(12-19)20-10-5-9-18-20/h1,3-7,9-10,15H,8,11-12H2,(H,17,21)/t15-/m1/s1. The van der Waals surface area contributed by atoms with Gasteiger partial charge >= 0.3 is 6.03 Å². The van der Waals surface area contributed by atoms with E-state index in [0.717, 1.165) is 5.56 Å². The van der Waals surface area contributed by atoms with E-state index in [1.54, 1.807) is 11.1 Å². The zero-order valence-corrected chi connectivity index (χ0v) is 11.6. The first-order chi connectivity index (χ1) is 10.3. The van der Waals surface area contributed by atoms with Crippen LogP contribution in [0.15, 0.2) is 42.7 Å². The Morgan fingerprint density at radius 1 is 1.43 bits per heavy atom. The number of amides is 2. The maximum atomic E-state index is 12.2. The second-order valence-electron chi connectivity index (χ2n) is 4.94. The molecule has 0 bridgehead atoms. The number of benzene rings is 1. The van der Waals surface area contributed by atoms with Crippen molar-refractivity contribution in [3.8, 4) is 12.3 Å². The molecule has 0 unspecified atom stereocenters. The summed E-state index contributed by atoms with van der Waals surface area (Å²) in [6.07, 6.45) is 8.86. The van der Waals surface area contributed by atoms with Crippen LogP contribution in [-0.2, 0) is 6.54 Å². The van der Waals surface area contributed by atoms with Gasteiger partial charge in [-0.05, 0) is 17.2 Å². The largest absolute Gasteiger partial charge is 0.327 e. The number of aromatic nitrogens is 2. The number of hydrogen-bond acceptors (Lipinski definition) is 2. The van der Waals surface area contributed by atoms with E-state index in [-0.39, 0.29) is 18.6 Å². The Hall–Kier alpha value is -2.74. The summed E-state index contributed by atoms with van der Waals surface area (Å²) in [7, 11) is 0. The molecule has 21 heavy (non-hydrogen) atoms. The average molecular weight is 280 g/mol. The number of fused-ring (bicyclic) bond motifs is 1. The molecule has 0 fully saturated rings. The molecule has 5 heteroatoms. The van der Waals surface area contributed by atoms with Crippen molar-refractivity contribution >= 4 is 6.03 Å². The number of nitrogens with one attached hydrogen (secondary N) is 1. The molecule has 0 spiro atoms. The van der Waals surface area contributed by atoms with Crippen LogP contribution >= 0.6 is 0 Å². The highest BCUT2D eigenvalue weighted by molar-refractivity contribution is 5.75. The fourth-order valence-electron chi connectivity index (χ4n) is 2.66. The van der Waals surface area contributed by atoms with E-state index >= 15 is 0 Å². The van der Waals surface area contributed by atoms with Crippen LogP contribution in [0.2, 0.25) is 0 Å². The van der Waals surface area contributed by atoms with Crippen LogP contribution in [0.5, 0.6) is 0 Å². The molecular weight excluding hydrogens is 264 g/mol. The molecule has 3 rings (SSSR count). The molecule has 1 N–H and O–H groups in total. The lowest BCUT2D eigenvalue weighted by Gasteiger charge is -2.34. The van der Waals surface area contributed by atoms with Crippen LogP contribution < -0.4 is 5.32 Å². The monoisotopic (exact) mass is 280 g/mol. The van der Waals surface area contributed by atoms with E-state index in [0.29, 0.717) is 13.1 Å². The number of carbonyl (C=O) groups is 1. The summed E-state index contributed by atoms with van der Waals surface area (Å²) in [5.41, 5.74) is 2.35. The zero-order valence-electron chi connectivity index (χ0n) is 11.6. The normalized spacial score (nSPS) is 16.9. The Morgan fingerprint density at radius 3 is 3.05 bits per heavy atom. The van der Waals surface area contributed by atoms with Gasteiger partial charge in [0.1, 0.15) is 0 Å². The molecule has 1 atom stereocenters. The van der Waals surface area contributed by atoms with Gasteiger partial charge in [0.05, 0.1) is 12.6 Å². The van der Waals surface area contributed by atoms with Gasteiger partial charge in [-0.1, -0.05) is 30.2 Å². The summed E-state index contributed by atoms with van der Waals surface area (Å²) in [5.74, 6) is 2.42. The minimum atomic E-state index is -0.139. The molecule has 106 valence electrons. The van der Waals surface area contributed by atoms with Crippen molar-refractivity contribution in [3.63, 3.8) is 0 Å². The molecule has 1 aromatic carbocycles. The zero-order chi connectivity index (χ0) is 14.7. The van der Waals surface area contributed by atoms with Crippen molar-refractivity contribution < 1.29 is 4.79 Å². The average Bonchev–Trinajstić information content (AvgIpc) is 3.05. The third-order valence-electron chi connectivity index (χ3n) is 3.64. The third kappa shape index (κ3) is 2.61. The summed E-state index contributed by atoms with van der Waals surface area (Å²) in [4.78, 5) is 13.9. The number of urea groups is 1. The van der Waals surface area contributed by atoms with Gasteiger partial charge in [-0.2, -0.15) is 5.10 Å². The van der Waals surface area contributed by atoms with Crippen molar-refractivity contribution in [2.24, 2.45) is 0 Å². The van der Waals surface area contributed by atoms with Gasteiger partial charge in [0.2, 0.25) is 0 Å². The van der Waals surface area contributed by atoms with E-state index in [9.17, 15) is 4.79 Å². The summed E-state index contributed by atoms with van der Waals surface area (Å²) in [6.45, 7) is 1.41. The molecule has 1 aliphatic rings. The van der Waals surface area contributed by atoms with E-state index < -0.39 is 0 Å². The fraction of sp³-hybridized carbons (Fsp3) is 0.250. The molecular formula is C16H16N4O. The number of carbonyl (C=O) groups excluding carboxylic acids is 1. The second-order valence-corrected chi connectivity index (χ2v) is 4.94. The molecule has 2 heterocycles. The van der Waals surface area contributed by atoms with Crippen LogP contribution in [0.25, 0.3) is 0 Å². The Kier molecular flexibility index (Phi) is 3.61. The summed E-state index contributed by atoms with van der Waals surface area (Å²) >= 11 is 0. The first kappa shape index (κ1) is 13.3. The van der Waals surface area contributed by atoms with Gasteiger partial charge in [0.25, 0.3) is 0 Å². The Labute approximate surface area is 123 Å². The second kappa shape index (κ2) is 5.71. The lowest BCUT2D eigenvalue weighted by molar-refractivity contribution is 0.182. The smallest absolute Gasteiger partial charge is 0.318 e. The van der Waals surface area contributed by atoms with Crippen LogP contribution in [0.1, 0.15) is 17.2 Å². The van der Waals surface area contributed by atoms with Crippen LogP contribution in [0, 0.1) is 12.3 Å². The highest BCUT2D eigenvalue weighted by Crippen LogP contribution is 2.28. The fourth-order valence-corrected chi connectivity index (χ4v) is 2.66. The van der Waals surface area contributed by atoms with Gasteiger partial charge in [-0.15, -0.1) is 6.42 Å². The highest BCUT2D eigenvalue weighted by Gasteiger charge is 2.29. The Bertz CT molecular complexity index is 672. The van der Waals surface area contributed by atoms with E-state index in [4.69, 9.17) is 6.42 Å². The molecule has 2 amide bonds. The maximum absolute atomic E-state index is 12.2. The SMILES string of the molecule is C#CCNC(=O)N1Cc2ccccc2[C@H](n2cccn2)C1. The van der Waals surface area contributed by atoms with Gasteiger partial charge in [0, 0.05) is 25.5 Å². The van der Waals surface area contributed by atoms with Gasteiger partial charge in [0.15, 0.2) is 0 Å². The van der Waals surface area contributed by atoms with Crippen molar-refractivity contribution in [1.82, 2.24) is 20.0 Å². The van der Waals surface area contributed by atoms with E-state index in [2.05, 4.69) is 22.4 Å². The Balaban J connectivity index is 1.90.